The first-order chi connectivity index (χ1) is 13.0. The molecule has 0 atom stereocenters. The molecule has 2 aromatic rings. The van der Waals surface area contributed by atoms with Gasteiger partial charge in [0.15, 0.2) is 4.34 Å². The third-order valence-corrected chi connectivity index (χ3v) is 6.14. The number of carbonyl (C=O) groups is 2. The van der Waals surface area contributed by atoms with E-state index in [4.69, 9.17) is 16.3 Å². The van der Waals surface area contributed by atoms with Crippen molar-refractivity contribution in [2.24, 2.45) is 0 Å². The highest BCUT2D eigenvalue weighted by Crippen LogP contribution is 2.36. The number of nitrogens with zero attached hydrogens (tertiary/aromatic N) is 3. The van der Waals surface area contributed by atoms with Crippen LogP contribution in [0.4, 0.5) is 10.8 Å². The first-order valence-corrected chi connectivity index (χ1v) is 10.6. The number of halogens is 1. The molecule has 1 aromatic heterocycles. The summed E-state index contributed by atoms with van der Waals surface area (Å²) in [5, 5.41) is 12.2. The average Bonchev–Trinajstić information content (AvgIpc) is 3.33. The van der Waals surface area contributed by atoms with E-state index in [1.54, 1.807) is 30.0 Å². The van der Waals surface area contributed by atoms with Gasteiger partial charge in [-0.15, -0.1) is 10.2 Å². The van der Waals surface area contributed by atoms with Crippen LogP contribution in [0.15, 0.2) is 22.5 Å². The van der Waals surface area contributed by atoms with Crippen LogP contribution in [0.5, 0.6) is 5.75 Å². The fraction of sp³-hybridized carbons (Fsp3) is 0.412. The number of rotatable bonds is 8. The van der Waals surface area contributed by atoms with Gasteiger partial charge < -0.3 is 10.1 Å². The summed E-state index contributed by atoms with van der Waals surface area (Å²) < 4.78 is 5.96. The summed E-state index contributed by atoms with van der Waals surface area (Å²) in [5.74, 6) is 0.946. The van der Waals surface area contributed by atoms with Gasteiger partial charge in [0.25, 0.3) is 0 Å². The lowest BCUT2D eigenvalue weighted by atomic mass is 10.3. The molecule has 0 saturated heterocycles. The summed E-state index contributed by atoms with van der Waals surface area (Å²) in [7, 11) is 1.54. The van der Waals surface area contributed by atoms with Gasteiger partial charge in [-0.1, -0.05) is 34.7 Å². The van der Waals surface area contributed by atoms with Crippen LogP contribution in [0.25, 0.3) is 0 Å². The number of amides is 2. The number of hydrogen-bond acceptors (Lipinski definition) is 7. The van der Waals surface area contributed by atoms with Gasteiger partial charge >= 0.3 is 0 Å². The minimum atomic E-state index is -0.142. The van der Waals surface area contributed by atoms with Gasteiger partial charge in [-0.25, -0.2) is 0 Å². The molecular formula is C17H19ClN4O3S2. The van der Waals surface area contributed by atoms with Crippen LogP contribution in [-0.4, -0.2) is 40.9 Å². The van der Waals surface area contributed by atoms with Crippen LogP contribution in [0.1, 0.15) is 26.2 Å². The molecule has 1 N–H and O–H groups in total. The summed E-state index contributed by atoms with van der Waals surface area (Å²) in [6, 6.07) is 5.31. The van der Waals surface area contributed by atoms with Crippen LogP contribution in [0.3, 0.4) is 0 Å². The van der Waals surface area contributed by atoms with Gasteiger partial charge in [-0.05, 0) is 31.0 Å². The number of ether oxygens (including phenoxy) is 1. The molecule has 27 heavy (non-hydrogen) atoms. The van der Waals surface area contributed by atoms with E-state index in [9.17, 15) is 9.59 Å². The van der Waals surface area contributed by atoms with E-state index in [2.05, 4.69) is 15.5 Å². The summed E-state index contributed by atoms with van der Waals surface area (Å²) in [4.78, 5) is 25.7. The van der Waals surface area contributed by atoms with Crippen molar-refractivity contribution in [3.05, 3.63) is 23.2 Å². The largest absolute Gasteiger partial charge is 0.495 e. The molecule has 0 unspecified atom stereocenters. The molecule has 1 aromatic carbocycles. The van der Waals surface area contributed by atoms with Crippen molar-refractivity contribution in [2.75, 3.05) is 23.1 Å². The number of thioether (sulfide) groups is 1. The quantitative estimate of drug-likeness (QED) is 0.510. The molecule has 1 aliphatic carbocycles. The van der Waals surface area contributed by atoms with Gasteiger partial charge in [0, 0.05) is 30.2 Å². The second kappa shape index (κ2) is 8.90. The molecule has 7 nitrogen and oxygen atoms in total. The molecule has 3 rings (SSSR count). The Bertz CT molecular complexity index is 841. The molecule has 10 heteroatoms. The number of benzene rings is 1. The minimum Gasteiger partial charge on any atom is -0.495 e. The number of anilines is 2. The normalized spacial score (nSPS) is 13.3. The summed E-state index contributed by atoms with van der Waals surface area (Å²) >= 11 is 8.79. The monoisotopic (exact) mass is 426 g/mol. The fourth-order valence-electron chi connectivity index (χ4n) is 2.46. The molecule has 1 fully saturated rings. The van der Waals surface area contributed by atoms with Gasteiger partial charge in [-0.3, -0.25) is 14.5 Å². The van der Waals surface area contributed by atoms with Crippen molar-refractivity contribution in [3.8, 4) is 5.75 Å². The predicted molar refractivity (Wildman–Crippen MR) is 108 cm³/mol. The van der Waals surface area contributed by atoms with Crippen molar-refractivity contribution < 1.29 is 14.3 Å². The lowest BCUT2D eigenvalue weighted by Crippen LogP contribution is -2.30. The molecule has 0 radical (unpaired) electrons. The van der Waals surface area contributed by atoms with Crippen molar-refractivity contribution in [1.82, 2.24) is 10.2 Å². The number of carbonyl (C=O) groups excluding carboxylic acids is 2. The van der Waals surface area contributed by atoms with E-state index >= 15 is 0 Å². The Hall–Kier alpha value is -1.84. The maximum absolute atomic E-state index is 12.2. The van der Waals surface area contributed by atoms with Gasteiger partial charge in [0.05, 0.1) is 12.8 Å². The second-order valence-corrected chi connectivity index (χ2v) is 8.70. The highest BCUT2D eigenvalue weighted by atomic mass is 35.5. The van der Waals surface area contributed by atoms with Crippen LogP contribution in [-0.2, 0) is 9.59 Å². The van der Waals surface area contributed by atoms with E-state index in [1.807, 2.05) is 0 Å². The molecular weight excluding hydrogens is 408 g/mol. The zero-order valence-electron chi connectivity index (χ0n) is 14.9. The van der Waals surface area contributed by atoms with Crippen molar-refractivity contribution in [2.45, 2.75) is 36.6 Å². The molecule has 2 amide bonds. The zero-order valence-corrected chi connectivity index (χ0v) is 17.3. The van der Waals surface area contributed by atoms with E-state index in [-0.39, 0.29) is 17.9 Å². The van der Waals surface area contributed by atoms with E-state index < -0.39 is 0 Å². The fourth-order valence-corrected chi connectivity index (χ4v) is 4.60. The first kappa shape index (κ1) is 19.9. The Balaban J connectivity index is 1.51. The van der Waals surface area contributed by atoms with Gasteiger partial charge in [-0.2, -0.15) is 0 Å². The average molecular weight is 427 g/mol. The Labute approximate surface area is 170 Å². The topological polar surface area (TPSA) is 84.4 Å². The maximum atomic E-state index is 12.2. The van der Waals surface area contributed by atoms with Gasteiger partial charge in [0.2, 0.25) is 16.9 Å². The van der Waals surface area contributed by atoms with Gasteiger partial charge in [0.1, 0.15) is 5.75 Å². The van der Waals surface area contributed by atoms with Crippen molar-refractivity contribution >= 4 is 57.3 Å². The van der Waals surface area contributed by atoms with Crippen LogP contribution >= 0.6 is 34.7 Å². The van der Waals surface area contributed by atoms with Crippen molar-refractivity contribution in [3.63, 3.8) is 0 Å². The maximum Gasteiger partial charge on any atom is 0.225 e. The third kappa shape index (κ3) is 5.33. The minimum absolute atomic E-state index is 0.0138. The summed E-state index contributed by atoms with van der Waals surface area (Å²) in [6.45, 7) is 1.54. The predicted octanol–water partition coefficient (Wildman–Crippen LogP) is 3.84. The molecule has 0 aliphatic heterocycles. The number of aromatic nitrogens is 2. The van der Waals surface area contributed by atoms with Crippen LogP contribution < -0.4 is 15.0 Å². The first-order valence-electron chi connectivity index (χ1n) is 8.37. The van der Waals surface area contributed by atoms with Crippen LogP contribution in [0.2, 0.25) is 5.02 Å². The lowest BCUT2D eigenvalue weighted by molar-refractivity contribution is -0.117. The smallest absolute Gasteiger partial charge is 0.225 e. The lowest BCUT2D eigenvalue weighted by Gasteiger charge is -2.15. The molecule has 144 valence electrons. The Morgan fingerprint density at radius 1 is 1.41 bits per heavy atom. The standard InChI is InChI=1S/C17H19ClN4O3S2/c1-10(23)22(12-4-5-12)16-20-21-17(27-16)26-8-7-15(24)19-13-9-11(18)3-6-14(13)25-2/h3,6,9,12H,4-5,7-8H2,1-2H3,(H,19,24). The summed E-state index contributed by atoms with van der Waals surface area (Å²) in [6.07, 6.45) is 2.32. The highest BCUT2D eigenvalue weighted by molar-refractivity contribution is 8.01. The van der Waals surface area contributed by atoms with Crippen LogP contribution in [0, 0.1) is 0 Å². The van der Waals surface area contributed by atoms with E-state index in [0.29, 0.717) is 33.8 Å². The Morgan fingerprint density at radius 3 is 2.85 bits per heavy atom. The second-order valence-electron chi connectivity index (χ2n) is 5.96. The highest BCUT2D eigenvalue weighted by Gasteiger charge is 2.34. The Kier molecular flexibility index (Phi) is 6.56. The third-order valence-electron chi connectivity index (χ3n) is 3.84. The van der Waals surface area contributed by atoms with Crippen molar-refractivity contribution in [1.29, 1.82) is 0 Å². The number of nitrogens with one attached hydrogen (secondary N) is 1. The zero-order chi connectivity index (χ0) is 19.4. The number of methoxy groups -OCH3 is 1. The molecule has 1 saturated carbocycles. The molecule has 1 aliphatic rings. The molecule has 0 spiro atoms. The van der Waals surface area contributed by atoms with E-state index in [0.717, 1.165) is 17.2 Å². The summed E-state index contributed by atoms with van der Waals surface area (Å²) in [5.41, 5.74) is 0.541. The number of hydrogen-bond donors (Lipinski definition) is 1. The molecule has 1 heterocycles. The Morgan fingerprint density at radius 2 is 2.19 bits per heavy atom. The van der Waals surface area contributed by atoms with E-state index in [1.165, 1.54) is 30.2 Å². The molecule has 0 bridgehead atoms. The SMILES string of the molecule is COc1ccc(Cl)cc1NC(=O)CCSc1nnc(N(C(C)=O)C2CC2)s1.